The van der Waals surface area contributed by atoms with Crippen molar-refractivity contribution in [3.8, 4) is 0 Å². The molecule has 2 N–H and O–H groups in total. The third kappa shape index (κ3) is 4.37. The van der Waals surface area contributed by atoms with E-state index in [1.165, 1.54) is 0 Å². The number of carbonyl (C=O) groups excluding carboxylic acids is 1. The molecule has 0 aliphatic carbocycles. The highest BCUT2D eigenvalue weighted by atomic mass is 16.4. The van der Waals surface area contributed by atoms with Crippen molar-refractivity contribution in [3.05, 3.63) is 0 Å². The fourth-order valence-corrected chi connectivity index (χ4v) is 3.13. The summed E-state index contributed by atoms with van der Waals surface area (Å²) in [5, 5.41) is 11.8. The molecular weight excluding hydrogens is 258 g/mol. The maximum Gasteiger partial charge on any atom is 0.317 e. The average Bonchev–Trinajstić information content (AvgIpc) is 2.85. The van der Waals surface area contributed by atoms with E-state index in [0.717, 1.165) is 38.9 Å². The lowest BCUT2D eigenvalue weighted by Gasteiger charge is -2.31. The first-order valence-electron chi connectivity index (χ1n) is 7.50. The van der Waals surface area contributed by atoms with Crippen molar-refractivity contribution in [2.75, 3.05) is 33.2 Å². The summed E-state index contributed by atoms with van der Waals surface area (Å²) >= 11 is 0. The Morgan fingerprint density at radius 3 is 2.75 bits per heavy atom. The molecule has 20 heavy (non-hydrogen) atoms. The van der Waals surface area contributed by atoms with Gasteiger partial charge in [0.15, 0.2) is 0 Å². The summed E-state index contributed by atoms with van der Waals surface area (Å²) in [6, 6.07) is 0.266. The predicted octanol–water partition coefficient (Wildman–Crippen LogP) is 0.977. The molecule has 2 rings (SSSR count). The smallest absolute Gasteiger partial charge is 0.317 e. The van der Waals surface area contributed by atoms with Crippen LogP contribution in [0.15, 0.2) is 0 Å². The molecule has 0 saturated carbocycles. The number of hydrogen-bond donors (Lipinski definition) is 2. The van der Waals surface area contributed by atoms with Gasteiger partial charge in [0, 0.05) is 32.1 Å². The maximum atomic E-state index is 12.2. The molecule has 6 nitrogen and oxygen atoms in total. The second-order valence-corrected chi connectivity index (χ2v) is 6.08. The van der Waals surface area contributed by atoms with Crippen LogP contribution < -0.4 is 5.32 Å². The van der Waals surface area contributed by atoms with Gasteiger partial charge >= 0.3 is 12.0 Å². The lowest BCUT2D eigenvalue weighted by Crippen LogP contribution is -2.50. The van der Waals surface area contributed by atoms with Gasteiger partial charge in [-0.1, -0.05) is 0 Å². The monoisotopic (exact) mass is 283 g/mol. The highest BCUT2D eigenvalue weighted by Crippen LogP contribution is 2.21. The molecule has 2 aliphatic heterocycles. The third-order valence-corrected chi connectivity index (χ3v) is 4.29. The zero-order valence-corrected chi connectivity index (χ0v) is 12.2. The molecule has 0 bridgehead atoms. The Morgan fingerprint density at radius 1 is 1.25 bits per heavy atom. The van der Waals surface area contributed by atoms with Crippen LogP contribution in [0, 0.1) is 5.92 Å². The minimum Gasteiger partial charge on any atom is -0.481 e. The molecular formula is C14H25N3O3. The standard InChI is InChI=1S/C14H25N3O3/c1-16-7-2-3-12(10-16)15-14(20)17-8-6-11(9-17)4-5-13(18)19/h11-12H,2-10H2,1H3,(H,15,20)(H,18,19). The fraction of sp³-hybridized carbons (Fsp3) is 0.857. The van der Waals surface area contributed by atoms with Crippen molar-refractivity contribution in [3.63, 3.8) is 0 Å². The van der Waals surface area contributed by atoms with Crippen molar-refractivity contribution in [1.82, 2.24) is 15.1 Å². The van der Waals surface area contributed by atoms with Crippen molar-refractivity contribution in [1.29, 1.82) is 0 Å². The van der Waals surface area contributed by atoms with Crippen LogP contribution in [0.25, 0.3) is 0 Å². The van der Waals surface area contributed by atoms with Crippen LogP contribution in [-0.2, 0) is 4.79 Å². The SMILES string of the molecule is CN1CCCC(NC(=O)N2CCC(CCC(=O)O)C2)C1. The Morgan fingerprint density at radius 2 is 2.05 bits per heavy atom. The van der Waals surface area contributed by atoms with Gasteiger partial charge in [-0.15, -0.1) is 0 Å². The normalized spacial score (nSPS) is 27.6. The van der Waals surface area contributed by atoms with Gasteiger partial charge in [0.05, 0.1) is 0 Å². The molecule has 2 aliphatic rings. The van der Waals surface area contributed by atoms with E-state index >= 15 is 0 Å². The summed E-state index contributed by atoms with van der Waals surface area (Å²) in [5.41, 5.74) is 0. The molecule has 2 fully saturated rings. The third-order valence-electron chi connectivity index (χ3n) is 4.29. The first-order chi connectivity index (χ1) is 9.54. The Bertz CT molecular complexity index is 362. The minimum atomic E-state index is -0.752. The molecule has 0 radical (unpaired) electrons. The van der Waals surface area contributed by atoms with E-state index in [-0.39, 0.29) is 18.5 Å². The molecule has 0 aromatic carbocycles. The van der Waals surface area contributed by atoms with Gasteiger partial charge in [0.2, 0.25) is 0 Å². The van der Waals surface area contributed by atoms with Crippen LogP contribution in [0.1, 0.15) is 32.1 Å². The number of nitrogens with zero attached hydrogens (tertiary/aromatic N) is 2. The number of hydrogen-bond acceptors (Lipinski definition) is 3. The maximum absolute atomic E-state index is 12.2. The summed E-state index contributed by atoms with van der Waals surface area (Å²) in [7, 11) is 2.08. The highest BCUT2D eigenvalue weighted by Gasteiger charge is 2.28. The Balaban J connectivity index is 1.72. The second-order valence-electron chi connectivity index (χ2n) is 6.08. The highest BCUT2D eigenvalue weighted by molar-refractivity contribution is 5.75. The molecule has 2 amide bonds. The fourth-order valence-electron chi connectivity index (χ4n) is 3.13. The Labute approximate surface area is 120 Å². The number of likely N-dealkylation sites (tertiary alicyclic amines) is 2. The lowest BCUT2D eigenvalue weighted by molar-refractivity contribution is -0.137. The number of rotatable bonds is 4. The van der Waals surface area contributed by atoms with Crippen LogP contribution in [0.5, 0.6) is 0 Å². The number of piperidine rings is 1. The van der Waals surface area contributed by atoms with E-state index in [2.05, 4.69) is 17.3 Å². The van der Waals surface area contributed by atoms with Gasteiger partial charge < -0.3 is 20.2 Å². The van der Waals surface area contributed by atoms with Crippen molar-refractivity contribution in [2.24, 2.45) is 5.92 Å². The number of nitrogens with one attached hydrogen (secondary N) is 1. The van der Waals surface area contributed by atoms with Gasteiger partial charge in [-0.25, -0.2) is 4.79 Å². The van der Waals surface area contributed by atoms with Gasteiger partial charge in [0.25, 0.3) is 0 Å². The van der Waals surface area contributed by atoms with E-state index in [4.69, 9.17) is 5.11 Å². The van der Waals surface area contributed by atoms with E-state index in [9.17, 15) is 9.59 Å². The number of urea groups is 1. The van der Waals surface area contributed by atoms with Gasteiger partial charge in [-0.2, -0.15) is 0 Å². The summed E-state index contributed by atoms with van der Waals surface area (Å²) in [6.45, 7) is 3.47. The van der Waals surface area contributed by atoms with E-state index in [0.29, 0.717) is 18.9 Å². The molecule has 114 valence electrons. The first kappa shape index (κ1) is 15.1. The predicted molar refractivity (Wildman–Crippen MR) is 75.6 cm³/mol. The molecule has 0 aromatic heterocycles. The van der Waals surface area contributed by atoms with Crippen LogP contribution >= 0.6 is 0 Å². The first-order valence-corrected chi connectivity index (χ1v) is 7.50. The Hall–Kier alpha value is -1.30. The Kier molecular flexibility index (Phi) is 5.23. The largest absolute Gasteiger partial charge is 0.481 e. The minimum absolute atomic E-state index is 0.0168. The summed E-state index contributed by atoms with van der Waals surface area (Å²) < 4.78 is 0. The van der Waals surface area contributed by atoms with Crippen molar-refractivity contribution >= 4 is 12.0 Å². The average molecular weight is 283 g/mol. The number of carboxylic acids is 1. The summed E-state index contributed by atoms with van der Waals surface area (Å²) in [5.74, 6) is -0.413. The van der Waals surface area contributed by atoms with E-state index in [1.54, 1.807) is 0 Å². The summed E-state index contributed by atoms with van der Waals surface area (Å²) in [4.78, 5) is 26.8. The van der Waals surface area contributed by atoms with Gasteiger partial charge in [0.1, 0.15) is 0 Å². The van der Waals surface area contributed by atoms with Gasteiger partial charge in [-0.05, 0) is 45.2 Å². The number of carboxylic acid groups (broad SMARTS) is 1. The van der Waals surface area contributed by atoms with Crippen molar-refractivity contribution < 1.29 is 14.7 Å². The zero-order valence-electron chi connectivity index (χ0n) is 12.2. The molecule has 2 unspecified atom stereocenters. The molecule has 0 spiro atoms. The van der Waals surface area contributed by atoms with Crippen LogP contribution in [0.4, 0.5) is 4.79 Å². The lowest BCUT2D eigenvalue weighted by atomic mass is 10.0. The number of aliphatic carboxylic acids is 1. The molecule has 2 atom stereocenters. The second kappa shape index (κ2) is 6.92. The van der Waals surface area contributed by atoms with E-state index < -0.39 is 5.97 Å². The quantitative estimate of drug-likeness (QED) is 0.806. The molecule has 6 heteroatoms. The van der Waals surface area contributed by atoms with Crippen LogP contribution in [0.3, 0.4) is 0 Å². The van der Waals surface area contributed by atoms with Crippen LogP contribution in [-0.4, -0.2) is 66.2 Å². The van der Waals surface area contributed by atoms with Crippen LogP contribution in [0.2, 0.25) is 0 Å². The molecule has 2 saturated heterocycles. The molecule has 2 heterocycles. The number of amides is 2. The van der Waals surface area contributed by atoms with Crippen molar-refractivity contribution in [2.45, 2.75) is 38.1 Å². The van der Waals surface area contributed by atoms with Gasteiger partial charge in [-0.3, -0.25) is 4.79 Å². The number of carbonyl (C=O) groups is 2. The molecule has 0 aromatic rings. The topological polar surface area (TPSA) is 72.9 Å². The van der Waals surface area contributed by atoms with E-state index in [1.807, 2.05) is 4.90 Å². The number of likely N-dealkylation sites (N-methyl/N-ethyl adjacent to an activating group) is 1. The summed E-state index contributed by atoms with van der Waals surface area (Å²) in [6.07, 6.45) is 3.97. The zero-order chi connectivity index (χ0) is 14.5.